The number of likely N-dealkylation sites (N-methyl/N-ethyl adjacent to an activating group) is 2. The van der Waals surface area contributed by atoms with Gasteiger partial charge in [-0.2, -0.15) is 0 Å². The molecule has 0 radical (unpaired) electrons. The van der Waals surface area contributed by atoms with Gasteiger partial charge in [0, 0.05) is 32.8 Å². The Kier molecular flexibility index (Phi) is 9.99. The Morgan fingerprint density at radius 2 is 2.00 bits per heavy atom. The van der Waals surface area contributed by atoms with Gasteiger partial charge in [0.1, 0.15) is 0 Å². The van der Waals surface area contributed by atoms with E-state index in [0.29, 0.717) is 6.04 Å². The van der Waals surface area contributed by atoms with Crippen molar-refractivity contribution in [3.05, 3.63) is 0 Å². The van der Waals surface area contributed by atoms with Crippen LogP contribution in [0.3, 0.4) is 0 Å². The molecule has 0 spiro atoms. The molecule has 2 atom stereocenters. The van der Waals surface area contributed by atoms with Crippen molar-refractivity contribution in [1.82, 2.24) is 10.2 Å². The lowest BCUT2D eigenvalue weighted by Crippen LogP contribution is -2.44. The molecule has 2 unspecified atom stereocenters. The average molecular weight is 230 g/mol. The second kappa shape index (κ2) is 10.1. The van der Waals surface area contributed by atoms with Crippen molar-refractivity contribution in [1.29, 1.82) is 0 Å². The highest BCUT2D eigenvalue weighted by Gasteiger charge is 2.16. The van der Waals surface area contributed by atoms with Gasteiger partial charge in [-0.1, -0.05) is 27.2 Å². The highest BCUT2D eigenvalue weighted by Crippen LogP contribution is 2.08. The van der Waals surface area contributed by atoms with Crippen LogP contribution in [0.15, 0.2) is 0 Å². The molecule has 0 aliphatic carbocycles. The first-order valence-corrected chi connectivity index (χ1v) is 6.56. The third-order valence-electron chi connectivity index (χ3n) is 3.19. The zero-order valence-electron chi connectivity index (χ0n) is 11.8. The number of hydrogen-bond donors (Lipinski definition) is 1. The quantitative estimate of drug-likeness (QED) is 0.581. The van der Waals surface area contributed by atoms with E-state index >= 15 is 0 Å². The zero-order valence-corrected chi connectivity index (χ0v) is 11.8. The smallest absolute Gasteiger partial charge is 0.0474 e. The molecule has 0 saturated carbocycles. The fraction of sp³-hybridized carbons (Fsp3) is 1.00. The highest BCUT2D eigenvalue weighted by atomic mass is 16.5. The second-order valence-corrected chi connectivity index (χ2v) is 4.66. The van der Waals surface area contributed by atoms with Crippen LogP contribution in [0.1, 0.15) is 33.6 Å². The van der Waals surface area contributed by atoms with E-state index in [1.54, 1.807) is 7.11 Å². The zero-order chi connectivity index (χ0) is 12.4. The van der Waals surface area contributed by atoms with Crippen LogP contribution in [0, 0.1) is 5.92 Å². The molecular formula is C13H30N2O. The van der Waals surface area contributed by atoms with Crippen LogP contribution < -0.4 is 5.32 Å². The van der Waals surface area contributed by atoms with E-state index in [9.17, 15) is 0 Å². The summed E-state index contributed by atoms with van der Waals surface area (Å²) in [7, 11) is 3.96. The number of methoxy groups -OCH3 is 1. The summed E-state index contributed by atoms with van der Waals surface area (Å²) in [4.78, 5) is 2.40. The lowest BCUT2D eigenvalue weighted by Gasteiger charge is -2.28. The fourth-order valence-electron chi connectivity index (χ4n) is 1.90. The molecule has 0 heterocycles. The fourth-order valence-corrected chi connectivity index (χ4v) is 1.90. The Hall–Kier alpha value is -0.120. The maximum absolute atomic E-state index is 5.07. The highest BCUT2D eigenvalue weighted by molar-refractivity contribution is 4.75. The van der Waals surface area contributed by atoms with Crippen LogP contribution in [0.4, 0.5) is 0 Å². The van der Waals surface area contributed by atoms with E-state index in [-0.39, 0.29) is 0 Å². The Morgan fingerprint density at radius 1 is 1.31 bits per heavy atom. The number of nitrogens with zero attached hydrogens (tertiary/aromatic N) is 1. The van der Waals surface area contributed by atoms with Crippen LogP contribution in [-0.4, -0.2) is 51.3 Å². The van der Waals surface area contributed by atoms with Gasteiger partial charge in [-0.05, 0) is 25.9 Å². The van der Waals surface area contributed by atoms with E-state index in [1.807, 2.05) is 0 Å². The van der Waals surface area contributed by atoms with Gasteiger partial charge >= 0.3 is 0 Å². The molecule has 0 fully saturated rings. The maximum atomic E-state index is 5.07. The third-order valence-corrected chi connectivity index (χ3v) is 3.19. The molecule has 0 aliphatic rings. The molecule has 1 N–H and O–H groups in total. The van der Waals surface area contributed by atoms with E-state index < -0.39 is 0 Å². The molecule has 0 aromatic carbocycles. The van der Waals surface area contributed by atoms with Gasteiger partial charge < -0.3 is 15.0 Å². The number of hydrogen-bond acceptors (Lipinski definition) is 3. The lowest BCUT2D eigenvalue weighted by atomic mass is 9.98. The van der Waals surface area contributed by atoms with E-state index in [1.165, 1.54) is 6.42 Å². The van der Waals surface area contributed by atoms with E-state index in [2.05, 4.69) is 38.0 Å². The molecule has 98 valence electrons. The van der Waals surface area contributed by atoms with Crippen LogP contribution in [-0.2, 0) is 4.74 Å². The Bertz CT molecular complexity index is 153. The van der Waals surface area contributed by atoms with Gasteiger partial charge in [-0.3, -0.25) is 0 Å². The van der Waals surface area contributed by atoms with Crippen molar-refractivity contribution in [3.8, 4) is 0 Å². The van der Waals surface area contributed by atoms with Gasteiger partial charge in [-0.15, -0.1) is 0 Å². The molecule has 3 heteroatoms. The normalized spacial score (nSPS) is 15.4. The Labute approximate surface area is 102 Å². The minimum Gasteiger partial charge on any atom is -0.385 e. The van der Waals surface area contributed by atoms with Crippen molar-refractivity contribution in [2.24, 2.45) is 5.92 Å². The van der Waals surface area contributed by atoms with Gasteiger partial charge in [0.05, 0.1) is 0 Å². The molecule has 0 amide bonds. The van der Waals surface area contributed by atoms with E-state index in [4.69, 9.17) is 4.74 Å². The first-order chi connectivity index (χ1) is 7.65. The second-order valence-electron chi connectivity index (χ2n) is 4.66. The molecule has 16 heavy (non-hydrogen) atoms. The molecular weight excluding hydrogens is 200 g/mol. The SMILES string of the molecule is CCNC(CN(C)CCCOC)C(C)CC. The summed E-state index contributed by atoms with van der Waals surface area (Å²) in [5.74, 6) is 0.741. The first-order valence-electron chi connectivity index (χ1n) is 6.56. The molecule has 0 aromatic heterocycles. The van der Waals surface area contributed by atoms with Gasteiger partial charge in [0.25, 0.3) is 0 Å². The minimum atomic E-state index is 0.613. The number of ether oxygens (including phenoxy) is 1. The van der Waals surface area contributed by atoms with E-state index in [0.717, 1.165) is 38.6 Å². The summed E-state index contributed by atoms with van der Waals surface area (Å²) in [5.41, 5.74) is 0. The van der Waals surface area contributed by atoms with Crippen LogP contribution in [0.5, 0.6) is 0 Å². The molecule has 3 nitrogen and oxygen atoms in total. The average Bonchev–Trinajstić information content (AvgIpc) is 2.28. The van der Waals surface area contributed by atoms with Crippen LogP contribution >= 0.6 is 0 Å². The van der Waals surface area contributed by atoms with Crippen LogP contribution in [0.2, 0.25) is 0 Å². The Morgan fingerprint density at radius 3 is 2.50 bits per heavy atom. The number of rotatable bonds is 10. The Balaban J connectivity index is 3.87. The largest absolute Gasteiger partial charge is 0.385 e. The summed E-state index contributed by atoms with van der Waals surface area (Å²) in [6.07, 6.45) is 2.36. The minimum absolute atomic E-state index is 0.613. The molecule has 0 aromatic rings. The van der Waals surface area contributed by atoms with Crippen molar-refractivity contribution in [2.75, 3.05) is 40.4 Å². The molecule has 0 aliphatic heterocycles. The van der Waals surface area contributed by atoms with Gasteiger partial charge in [0.2, 0.25) is 0 Å². The van der Waals surface area contributed by atoms with Crippen molar-refractivity contribution in [3.63, 3.8) is 0 Å². The third kappa shape index (κ3) is 7.20. The number of nitrogens with one attached hydrogen (secondary N) is 1. The molecule has 0 bridgehead atoms. The van der Waals surface area contributed by atoms with Crippen molar-refractivity contribution >= 4 is 0 Å². The van der Waals surface area contributed by atoms with Gasteiger partial charge in [-0.25, -0.2) is 0 Å². The van der Waals surface area contributed by atoms with Crippen LogP contribution in [0.25, 0.3) is 0 Å². The van der Waals surface area contributed by atoms with Gasteiger partial charge in [0.15, 0.2) is 0 Å². The molecule has 0 rings (SSSR count). The standard InChI is InChI=1S/C13H30N2O/c1-6-12(3)13(14-7-2)11-15(4)9-8-10-16-5/h12-14H,6-11H2,1-5H3. The summed E-state index contributed by atoms with van der Waals surface area (Å²) in [6, 6.07) is 0.613. The lowest BCUT2D eigenvalue weighted by molar-refractivity contribution is 0.171. The maximum Gasteiger partial charge on any atom is 0.0474 e. The predicted octanol–water partition coefficient (Wildman–Crippen LogP) is 1.98. The first kappa shape index (κ1) is 15.9. The summed E-state index contributed by atoms with van der Waals surface area (Å²) in [6.45, 7) is 10.9. The summed E-state index contributed by atoms with van der Waals surface area (Å²) < 4.78 is 5.07. The molecule has 0 saturated heterocycles. The van der Waals surface area contributed by atoms with Crippen molar-refractivity contribution < 1.29 is 4.74 Å². The predicted molar refractivity (Wildman–Crippen MR) is 70.9 cm³/mol. The van der Waals surface area contributed by atoms with Crippen molar-refractivity contribution in [2.45, 2.75) is 39.7 Å². The monoisotopic (exact) mass is 230 g/mol. The summed E-state index contributed by atoms with van der Waals surface area (Å²) in [5, 5.41) is 3.58. The summed E-state index contributed by atoms with van der Waals surface area (Å²) >= 11 is 0. The topological polar surface area (TPSA) is 24.5 Å².